The van der Waals surface area contributed by atoms with E-state index in [0.717, 1.165) is 4.68 Å². The van der Waals surface area contributed by atoms with E-state index in [0.29, 0.717) is 4.90 Å². The van der Waals surface area contributed by atoms with Crippen LogP contribution in [0.5, 0.6) is 5.75 Å². The molecule has 10 nitrogen and oxygen atoms in total. The highest BCUT2D eigenvalue weighted by atomic mass is 35.5. The fraction of sp³-hybridized carbons (Fsp3) is 0.304. The molecule has 0 fully saturated rings. The molecule has 1 heterocycles. The molecular formula is C23H22ClF5N6O4. The van der Waals surface area contributed by atoms with Crippen LogP contribution in [0.1, 0.15) is 30.2 Å². The fourth-order valence-corrected chi connectivity index (χ4v) is 3.41. The van der Waals surface area contributed by atoms with Crippen molar-refractivity contribution >= 4 is 23.5 Å². The Labute approximate surface area is 223 Å². The van der Waals surface area contributed by atoms with Crippen LogP contribution in [-0.4, -0.2) is 67.2 Å². The van der Waals surface area contributed by atoms with Crippen molar-refractivity contribution in [3.05, 3.63) is 70.8 Å². The van der Waals surface area contributed by atoms with Crippen molar-refractivity contribution in [1.29, 1.82) is 5.41 Å². The van der Waals surface area contributed by atoms with Crippen LogP contribution in [0.3, 0.4) is 0 Å². The first-order valence-corrected chi connectivity index (χ1v) is 11.5. The van der Waals surface area contributed by atoms with Gasteiger partial charge >= 0.3 is 18.8 Å². The van der Waals surface area contributed by atoms with E-state index in [-0.39, 0.29) is 33.7 Å². The topological polar surface area (TPSA) is 137 Å². The summed E-state index contributed by atoms with van der Waals surface area (Å²) in [4.78, 5) is 17.3. The van der Waals surface area contributed by atoms with Crippen LogP contribution in [-0.2, 0) is 6.54 Å². The third kappa shape index (κ3) is 7.61. The monoisotopic (exact) mass is 576 g/mol. The lowest BCUT2D eigenvalue weighted by molar-refractivity contribution is -0.204. The minimum absolute atomic E-state index is 0.00165. The number of hydrogen-bond donors (Lipinski definition) is 4. The van der Waals surface area contributed by atoms with Crippen LogP contribution in [0.25, 0.3) is 5.69 Å². The number of carbonyl (C=O) groups excluding carboxylic acids is 1. The average Bonchev–Trinajstić information content (AvgIpc) is 3.29. The van der Waals surface area contributed by atoms with Gasteiger partial charge in [-0.2, -0.15) is 22.0 Å². The van der Waals surface area contributed by atoms with Gasteiger partial charge in [0, 0.05) is 10.6 Å². The molecule has 0 saturated heterocycles. The Morgan fingerprint density at radius 3 is 2.41 bits per heavy atom. The highest BCUT2D eigenvalue weighted by Gasteiger charge is 2.41. The first-order valence-electron chi connectivity index (χ1n) is 11.1. The van der Waals surface area contributed by atoms with Gasteiger partial charge < -0.3 is 20.3 Å². The Hall–Kier alpha value is -3.82. The number of nitrogens with zero attached hydrogens (tertiary/aromatic N) is 4. The van der Waals surface area contributed by atoms with E-state index in [1.54, 1.807) is 0 Å². The van der Waals surface area contributed by atoms with E-state index >= 15 is 0 Å². The molecule has 2 amide bonds. The summed E-state index contributed by atoms with van der Waals surface area (Å²) in [5.41, 5.74) is 0.0385. The first-order chi connectivity index (χ1) is 18.3. The summed E-state index contributed by atoms with van der Waals surface area (Å²) in [5, 5.41) is 34.6. The quantitative estimate of drug-likeness (QED) is 0.172. The average molecular weight is 577 g/mol. The molecule has 0 unspecified atom stereocenters. The molecule has 3 rings (SSSR count). The number of hydrogen-bond acceptors (Lipinski definition) is 7. The molecular weight excluding hydrogens is 555 g/mol. The number of aliphatic hydroxyl groups is 2. The second-order valence-electron chi connectivity index (χ2n) is 8.00. The molecule has 16 heteroatoms. The molecule has 2 aromatic carbocycles. The first kappa shape index (κ1) is 29.7. The summed E-state index contributed by atoms with van der Waals surface area (Å²) >= 11 is 5.81. The molecule has 0 spiro atoms. The predicted molar refractivity (Wildman–Crippen MR) is 128 cm³/mol. The van der Waals surface area contributed by atoms with E-state index in [2.05, 4.69) is 20.1 Å². The lowest BCUT2D eigenvalue weighted by atomic mass is 10.2. The number of alkyl halides is 5. The van der Waals surface area contributed by atoms with Crippen LogP contribution in [0.2, 0.25) is 5.02 Å². The Bertz CT molecular complexity index is 1300. The summed E-state index contributed by atoms with van der Waals surface area (Å²) < 4.78 is 70.3. The largest absolute Gasteiger partial charge is 0.433 e. The van der Waals surface area contributed by atoms with Crippen molar-refractivity contribution in [2.45, 2.75) is 38.5 Å². The number of nitrogens with one attached hydrogen (secondary N) is 2. The maximum Gasteiger partial charge on any atom is 0.416 e. The Morgan fingerprint density at radius 2 is 1.82 bits per heavy atom. The van der Waals surface area contributed by atoms with Crippen LogP contribution >= 0.6 is 11.6 Å². The number of ether oxygens (including phenoxy) is 1. The summed E-state index contributed by atoms with van der Waals surface area (Å²) in [5.74, 6) is -1.20. The maximum atomic E-state index is 13.0. The van der Waals surface area contributed by atoms with Crippen molar-refractivity contribution in [2.24, 2.45) is 0 Å². The van der Waals surface area contributed by atoms with E-state index in [4.69, 9.17) is 17.0 Å². The number of amidine groups is 1. The zero-order chi connectivity index (χ0) is 28.9. The molecule has 1 aromatic heterocycles. The maximum absolute atomic E-state index is 13.0. The standard InChI is InChI=1S/C23H22ClF5N6O4/c1-12(36)20-32-18(33-35(20)15-4-2-3-5-16(15)39-21(25)26)10-31-22(38)34(11-17(37)23(27,28)29)19(30)13-6-8-14(24)9-7-13/h2-9,12,17,21,30,36-37H,10-11H2,1H3,(H,31,38)/t12-,17-/m0/s1. The van der Waals surface area contributed by atoms with Crippen LogP contribution < -0.4 is 10.1 Å². The van der Waals surface area contributed by atoms with E-state index in [1.165, 1.54) is 55.5 Å². The molecule has 0 aliphatic heterocycles. The molecule has 0 saturated carbocycles. The molecule has 0 aliphatic rings. The minimum atomic E-state index is -5.07. The number of aliphatic hydroxyl groups excluding tert-OH is 2. The highest BCUT2D eigenvalue weighted by molar-refractivity contribution is 6.30. The highest BCUT2D eigenvalue weighted by Crippen LogP contribution is 2.27. The van der Waals surface area contributed by atoms with Gasteiger partial charge in [0.25, 0.3) is 0 Å². The number of aromatic nitrogens is 3. The fourth-order valence-electron chi connectivity index (χ4n) is 3.28. The van der Waals surface area contributed by atoms with Gasteiger partial charge in [0.05, 0.1) is 13.1 Å². The van der Waals surface area contributed by atoms with E-state index in [9.17, 15) is 37.0 Å². The van der Waals surface area contributed by atoms with Gasteiger partial charge in [-0.25, -0.2) is 14.5 Å². The van der Waals surface area contributed by atoms with Gasteiger partial charge in [-0.05, 0) is 43.3 Å². The lowest BCUT2D eigenvalue weighted by Gasteiger charge is -2.26. The summed E-state index contributed by atoms with van der Waals surface area (Å²) in [7, 11) is 0. The molecule has 39 heavy (non-hydrogen) atoms. The predicted octanol–water partition coefficient (Wildman–Crippen LogP) is 4.04. The van der Waals surface area contributed by atoms with Crippen molar-refractivity contribution in [1.82, 2.24) is 25.0 Å². The Balaban J connectivity index is 1.87. The molecule has 210 valence electrons. The van der Waals surface area contributed by atoms with Gasteiger partial charge in [0.1, 0.15) is 17.6 Å². The van der Waals surface area contributed by atoms with Gasteiger partial charge in [0.15, 0.2) is 23.5 Å². The second-order valence-corrected chi connectivity index (χ2v) is 8.44. The molecule has 0 bridgehead atoms. The minimum Gasteiger partial charge on any atom is -0.433 e. The number of urea groups is 1. The number of rotatable bonds is 9. The van der Waals surface area contributed by atoms with Gasteiger partial charge in [-0.1, -0.05) is 23.7 Å². The normalized spacial score (nSPS) is 13.2. The van der Waals surface area contributed by atoms with Gasteiger partial charge in [0.2, 0.25) is 0 Å². The molecule has 0 radical (unpaired) electrons. The van der Waals surface area contributed by atoms with Crippen molar-refractivity contribution in [3.63, 3.8) is 0 Å². The summed E-state index contributed by atoms with van der Waals surface area (Å²) in [6.07, 6.45) is -9.28. The lowest BCUT2D eigenvalue weighted by Crippen LogP contribution is -2.50. The zero-order valence-electron chi connectivity index (χ0n) is 20.0. The number of amides is 2. The van der Waals surface area contributed by atoms with E-state index < -0.39 is 50.0 Å². The number of benzene rings is 2. The van der Waals surface area contributed by atoms with Crippen LogP contribution in [0.15, 0.2) is 48.5 Å². The number of para-hydroxylation sites is 2. The van der Waals surface area contributed by atoms with Crippen molar-refractivity contribution in [2.75, 3.05) is 6.54 Å². The number of halogens is 6. The SMILES string of the molecule is C[C@H](O)c1nc(CNC(=O)N(C[C@H](O)C(F)(F)F)C(=N)c2ccc(Cl)cc2)nn1-c1ccccc1OC(F)F. The third-order valence-electron chi connectivity index (χ3n) is 5.12. The second kappa shape index (κ2) is 12.4. The third-order valence-corrected chi connectivity index (χ3v) is 5.37. The molecule has 4 N–H and O–H groups in total. The van der Waals surface area contributed by atoms with Crippen LogP contribution in [0, 0.1) is 5.41 Å². The Morgan fingerprint density at radius 1 is 1.18 bits per heavy atom. The smallest absolute Gasteiger partial charge is 0.416 e. The van der Waals surface area contributed by atoms with E-state index in [1.807, 2.05) is 0 Å². The van der Waals surface area contributed by atoms with Crippen LogP contribution in [0.4, 0.5) is 26.7 Å². The summed E-state index contributed by atoms with van der Waals surface area (Å²) in [6, 6.07) is 9.68. The van der Waals surface area contributed by atoms with Crippen molar-refractivity contribution in [3.8, 4) is 11.4 Å². The van der Waals surface area contributed by atoms with Gasteiger partial charge in [-0.15, -0.1) is 5.10 Å². The number of carbonyl (C=O) groups is 1. The Kier molecular flexibility index (Phi) is 9.42. The van der Waals surface area contributed by atoms with Gasteiger partial charge in [-0.3, -0.25) is 10.3 Å². The molecule has 0 aliphatic carbocycles. The molecule has 2 atom stereocenters. The summed E-state index contributed by atoms with van der Waals surface area (Å²) in [6.45, 7) is -3.63. The molecule has 3 aromatic rings. The zero-order valence-corrected chi connectivity index (χ0v) is 20.8. The van der Waals surface area contributed by atoms with Crippen molar-refractivity contribution < 1.29 is 41.7 Å².